The Balaban J connectivity index is 1.39. The quantitative estimate of drug-likeness (QED) is 0.188. The number of para-hydroxylation sites is 1. The first-order valence-corrected chi connectivity index (χ1v) is 16.9. The van der Waals surface area contributed by atoms with E-state index in [1.165, 1.54) is 0 Å². The number of nitrogens with one attached hydrogen (secondary N) is 2. The summed E-state index contributed by atoms with van der Waals surface area (Å²) in [5, 5.41) is 5.60. The van der Waals surface area contributed by atoms with Crippen LogP contribution in [0.25, 0.3) is 111 Å². The largest absolute Gasteiger partial charge is 0.354 e. The van der Waals surface area contributed by atoms with Crippen molar-refractivity contribution >= 4 is 54.5 Å². The SMILES string of the molecule is c1ccc2c(c1)-c1cc3[nH]c(cc4nc(c(-c5ccc6ccccc6n5)c5[nH]c(cc-2n1)c1ccccc51)-c1ccccc1-4)c1ccccc31. The number of aromatic nitrogens is 5. The summed E-state index contributed by atoms with van der Waals surface area (Å²) >= 11 is 0. The Bertz CT molecular complexity index is 3060. The van der Waals surface area contributed by atoms with E-state index in [0.717, 1.165) is 111 Å². The third-order valence-corrected chi connectivity index (χ3v) is 10.1. The van der Waals surface area contributed by atoms with E-state index < -0.39 is 0 Å². The maximum absolute atomic E-state index is 5.49. The molecule has 5 nitrogen and oxygen atoms in total. The van der Waals surface area contributed by atoms with Crippen molar-refractivity contribution < 1.29 is 0 Å². The maximum atomic E-state index is 5.49. The molecule has 11 rings (SSSR count). The van der Waals surface area contributed by atoms with Gasteiger partial charge in [-0.3, -0.25) is 0 Å². The van der Waals surface area contributed by atoms with Crippen LogP contribution >= 0.6 is 0 Å². The minimum atomic E-state index is 0.861. The van der Waals surface area contributed by atoms with Crippen molar-refractivity contribution in [3.05, 3.63) is 152 Å². The Hall–Kier alpha value is -6.85. The van der Waals surface area contributed by atoms with Gasteiger partial charge in [-0.25, -0.2) is 15.0 Å². The van der Waals surface area contributed by atoms with Gasteiger partial charge in [0, 0.05) is 65.7 Å². The lowest BCUT2D eigenvalue weighted by Crippen LogP contribution is -1.90. The molecule has 0 saturated carbocycles. The van der Waals surface area contributed by atoms with Gasteiger partial charge < -0.3 is 9.97 Å². The number of fused-ring (bicyclic) bond motifs is 21. The molecule has 0 spiro atoms. The number of benzene rings is 5. The molecule has 2 N–H and O–H groups in total. The Morgan fingerprint density at radius 1 is 0.360 bits per heavy atom. The van der Waals surface area contributed by atoms with Gasteiger partial charge in [0.1, 0.15) is 0 Å². The van der Waals surface area contributed by atoms with E-state index in [1.807, 2.05) is 6.07 Å². The van der Waals surface area contributed by atoms with Crippen molar-refractivity contribution in [3.8, 4) is 56.3 Å². The van der Waals surface area contributed by atoms with E-state index in [9.17, 15) is 0 Å². The number of nitrogens with zero attached hydrogens (tertiary/aromatic N) is 3. The monoisotopic (exact) mass is 637 g/mol. The number of aromatic amines is 2. The molecule has 0 aliphatic carbocycles. The first kappa shape index (κ1) is 27.1. The van der Waals surface area contributed by atoms with Gasteiger partial charge in [0.05, 0.1) is 45.1 Å². The van der Waals surface area contributed by atoms with Crippen LogP contribution in [0.1, 0.15) is 0 Å². The zero-order valence-electron chi connectivity index (χ0n) is 26.8. The van der Waals surface area contributed by atoms with Crippen molar-refractivity contribution in [3.63, 3.8) is 0 Å². The molecule has 0 unspecified atom stereocenters. The molecule has 6 heterocycles. The van der Waals surface area contributed by atoms with Gasteiger partial charge in [-0.05, 0) is 30.3 Å². The summed E-state index contributed by atoms with van der Waals surface area (Å²) in [7, 11) is 0. The Morgan fingerprint density at radius 3 is 1.54 bits per heavy atom. The zero-order chi connectivity index (χ0) is 32.8. The first-order chi connectivity index (χ1) is 24.8. The summed E-state index contributed by atoms with van der Waals surface area (Å²) in [4.78, 5) is 23.7. The smallest absolute Gasteiger partial charge is 0.0831 e. The van der Waals surface area contributed by atoms with Crippen LogP contribution in [0, 0.1) is 0 Å². The molecular formula is C45H27N5. The lowest BCUT2D eigenvalue weighted by atomic mass is 9.98. The van der Waals surface area contributed by atoms with E-state index >= 15 is 0 Å². The molecule has 9 aromatic rings. The second-order valence-electron chi connectivity index (χ2n) is 13.0. The lowest BCUT2D eigenvalue weighted by Gasteiger charge is -2.08. The summed E-state index contributed by atoms with van der Waals surface area (Å²) in [5.41, 5.74) is 14.8. The maximum Gasteiger partial charge on any atom is 0.0831 e. The van der Waals surface area contributed by atoms with E-state index in [2.05, 4.69) is 156 Å². The summed E-state index contributed by atoms with van der Waals surface area (Å²) in [6, 6.07) is 53.3. The van der Waals surface area contributed by atoms with Crippen molar-refractivity contribution in [2.75, 3.05) is 0 Å². The third kappa shape index (κ3) is 3.98. The molecule has 5 aromatic carbocycles. The lowest BCUT2D eigenvalue weighted by molar-refractivity contribution is 1.36. The van der Waals surface area contributed by atoms with Crippen molar-refractivity contribution in [1.82, 2.24) is 24.9 Å². The van der Waals surface area contributed by atoms with E-state index in [4.69, 9.17) is 15.0 Å². The second kappa shape index (κ2) is 10.3. The second-order valence-corrected chi connectivity index (χ2v) is 13.0. The molecule has 0 amide bonds. The molecule has 2 aliphatic rings. The standard InChI is InChI=1S/C45H27N5/c1-10-20-35-26(11-1)21-22-36(46-35)43-44-33-18-8-6-16-31(33)41(49-44)24-39-29-14-4-2-12-27(29)37(47-39)23-38-28-13-3-5-15-30(28)40(48-38)25-42-32-17-7-9-19-34(32)45(43)50-42/h1-25,47,50H. The molecule has 5 heteroatoms. The predicted octanol–water partition coefficient (Wildman–Crippen LogP) is 11.5. The molecule has 0 saturated heterocycles. The number of hydrogen-bond donors (Lipinski definition) is 2. The normalized spacial score (nSPS) is 12.0. The molecule has 0 radical (unpaired) electrons. The average molecular weight is 638 g/mol. The average Bonchev–Trinajstić information content (AvgIpc) is 3.91. The number of rotatable bonds is 1. The fraction of sp³-hybridized carbons (Fsp3) is 0. The van der Waals surface area contributed by atoms with Crippen LogP contribution in [-0.4, -0.2) is 24.9 Å². The molecule has 50 heavy (non-hydrogen) atoms. The van der Waals surface area contributed by atoms with Gasteiger partial charge >= 0.3 is 0 Å². The number of H-pyrrole nitrogens is 2. The highest BCUT2D eigenvalue weighted by molar-refractivity contribution is 6.15. The zero-order valence-corrected chi connectivity index (χ0v) is 26.8. The Labute approximate surface area is 286 Å². The van der Waals surface area contributed by atoms with Crippen molar-refractivity contribution in [2.45, 2.75) is 0 Å². The highest BCUT2D eigenvalue weighted by Gasteiger charge is 2.24. The molecule has 232 valence electrons. The molecule has 8 bridgehead atoms. The molecule has 4 aromatic heterocycles. The minimum absolute atomic E-state index is 0.861. The van der Waals surface area contributed by atoms with Gasteiger partial charge in [-0.15, -0.1) is 0 Å². The molecule has 0 fully saturated rings. The van der Waals surface area contributed by atoms with Gasteiger partial charge in [-0.1, -0.05) is 121 Å². The van der Waals surface area contributed by atoms with Gasteiger partial charge in [0.15, 0.2) is 0 Å². The van der Waals surface area contributed by atoms with Crippen LogP contribution < -0.4 is 0 Å². The van der Waals surface area contributed by atoms with Gasteiger partial charge in [0.25, 0.3) is 0 Å². The fourth-order valence-corrected chi connectivity index (χ4v) is 7.81. The van der Waals surface area contributed by atoms with Crippen LogP contribution in [-0.2, 0) is 0 Å². The van der Waals surface area contributed by atoms with Crippen LogP contribution in [0.2, 0.25) is 0 Å². The Kier molecular flexibility index (Phi) is 5.60. The third-order valence-electron chi connectivity index (χ3n) is 10.1. The Morgan fingerprint density at radius 2 is 0.860 bits per heavy atom. The summed E-state index contributed by atoms with van der Waals surface area (Å²) < 4.78 is 0. The molecular weight excluding hydrogens is 611 g/mol. The molecule has 2 aliphatic heterocycles. The van der Waals surface area contributed by atoms with E-state index in [-0.39, 0.29) is 0 Å². The van der Waals surface area contributed by atoms with Crippen LogP contribution in [0.4, 0.5) is 0 Å². The van der Waals surface area contributed by atoms with Gasteiger partial charge in [-0.2, -0.15) is 0 Å². The van der Waals surface area contributed by atoms with Gasteiger partial charge in [0.2, 0.25) is 0 Å². The van der Waals surface area contributed by atoms with Crippen LogP contribution in [0.3, 0.4) is 0 Å². The highest BCUT2D eigenvalue weighted by atomic mass is 14.8. The minimum Gasteiger partial charge on any atom is -0.354 e. The topological polar surface area (TPSA) is 70.2 Å². The number of hydrogen-bond acceptors (Lipinski definition) is 3. The predicted molar refractivity (Wildman–Crippen MR) is 206 cm³/mol. The van der Waals surface area contributed by atoms with Crippen molar-refractivity contribution in [2.24, 2.45) is 0 Å². The highest BCUT2D eigenvalue weighted by Crippen LogP contribution is 2.44. The summed E-state index contributed by atoms with van der Waals surface area (Å²) in [6.45, 7) is 0. The van der Waals surface area contributed by atoms with E-state index in [1.54, 1.807) is 0 Å². The van der Waals surface area contributed by atoms with Crippen LogP contribution in [0.5, 0.6) is 0 Å². The number of pyridine rings is 1. The fourth-order valence-electron chi connectivity index (χ4n) is 7.81. The first-order valence-electron chi connectivity index (χ1n) is 16.9. The summed E-state index contributed by atoms with van der Waals surface area (Å²) in [5.74, 6) is 0. The van der Waals surface area contributed by atoms with Crippen molar-refractivity contribution in [1.29, 1.82) is 0 Å². The van der Waals surface area contributed by atoms with Crippen LogP contribution in [0.15, 0.2) is 152 Å². The summed E-state index contributed by atoms with van der Waals surface area (Å²) in [6.07, 6.45) is 0. The van der Waals surface area contributed by atoms with E-state index in [0.29, 0.717) is 0 Å². The molecule has 0 atom stereocenters.